The minimum Gasteiger partial charge on any atom is -0.396 e. The van der Waals surface area contributed by atoms with Crippen molar-refractivity contribution in [3.05, 3.63) is 28.2 Å². The zero-order valence-corrected chi connectivity index (χ0v) is 9.57. The van der Waals surface area contributed by atoms with Gasteiger partial charge in [-0.2, -0.15) is 0 Å². The lowest BCUT2D eigenvalue weighted by atomic mass is 10.2. The monoisotopic (exact) mass is 261 g/mol. The Morgan fingerprint density at radius 1 is 1.46 bits per heavy atom. The first-order chi connectivity index (χ1) is 6.27. The third-order valence-electron chi connectivity index (χ3n) is 1.60. The van der Waals surface area contributed by atoms with Gasteiger partial charge in [0.1, 0.15) is 0 Å². The van der Waals surface area contributed by atoms with Gasteiger partial charge >= 0.3 is 0 Å². The molecule has 0 heterocycles. The van der Waals surface area contributed by atoms with E-state index in [2.05, 4.69) is 15.9 Å². The van der Waals surface area contributed by atoms with E-state index in [1.165, 1.54) is 0 Å². The van der Waals surface area contributed by atoms with Crippen molar-refractivity contribution in [3.8, 4) is 0 Å². The van der Waals surface area contributed by atoms with E-state index in [9.17, 15) is 0 Å². The summed E-state index contributed by atoms with van der Waals surface area (Å²) in [7, 11) is 0. The van der Waals surface area contributed by atoms with Crippen LogP contribution in [0.2, 0.25) is 0 Å². The second-order valence-electron chi connectivity index (χ2n) is 2.53. The highest BCUT2D eigenvalue weighted by molar-refractivity contribution is 9.10. The van der Waals surface area contributed by atoms with Crippen LogP contribution in [0.15, 0.2) is 27.6 Å². The van der Waals surface area contributed by atoms with Gasteiger partial charge < -0.3 is 10.8 Å². The third-order valence-corrected chi connectivity index (χ3v) is 3.17. The van der Waals surface area contributed by atoms with Crippen LogP contribution in [-0.2, 0) is 6.54 Å². The topological polar surface area (TPSA) is 46.2 Å². The van der Waals surface area contributed by atoms with Crippen molar-refractivity contribution in [2.75, 3.05) is 12.4 Å². The predicted octanol–water partition coefficient (Wildman–Crippen LogP) is 1.99. The molecular weight excluding hydrogens is 250 g/mol. The molecule has 1 aromatic carbocycles. The molecule has 2 nitrogen and oxygen atoms in total. The lowest BCUT2D eigenvalue weighted by molar-refractivity contribution is 0.322. The second kappa shape index (κ2) is 5.65. The summed E-state index contributed by atoms with van der Waals surface area (Å²) in [6.45, 7) is 0.738. The highest BCUT2D eigenvalue weighted by Crippen LogP contribution is 2.25. The van der Waals surface area contributed by atoms with E-state index in [-0.39, 0.29) is 6.61 Å². The number of rotatable bonds is 4. The average molecular weight is 262 g/mol. The van der Waals surface area contributed by atoms with Crippen molar-refractivity contribution in [3.63, 3.8) is 0 Å². The van der Waals surface area contributed by atoms with Crippen LogP contribution < -0.4 is 5.73 Å². The molecule has 4 heteroatoms. The minimum absolute atomic E-state index is 0.196. The van der Waals surface area contributed by atoms with Crippen LogP contribution in [0.5, 0.6) is 0 Å². The van der Waals surface area contributed by atoms with Crippen molar-refractivity contribution >= 4 is 27.7 Å². The Hall–Kier alpha value is -0.0300. The standard InChI is InChI=1S/C9H12BrNOS/c10-8-2-1-7(6-11)9(5-8)13-4-3-12/h1-2,5,12H,3-4,6,11H2. The Morgan fingerprint density at radius 2 is 2.23 bits per heavy atom. The molecule has 0 atom stereocenters. The lowest BCUT2D eigenvalue weighted by Gasteiger charge is -2.06. The zero-order valence-electron chi connectivity index (χ0n) is 7.16. The molecule has 3 N–H and O–H groups in total. The number of nitrogens with two attached hydrogens (primary N) is 1. The summed E-state index contributed by atoms with van der Waals surface area (Å²) in [5.74, 6) is 0.712. The summed E-state index contributed by atoms with van der Waals surface area (Å²) in [6.07, 6.45) is 0. The summed E-state index contributed by atoms with van der Waals surface area (Å²) >= 11 is 5.03. The summed E-state index contributed by atoms with van der Waals surface area (Å²) in [6, 6.07) is 6.01. The molecule has 0 aliphatic carbocycles. The van der Waals surface area contributed by atoms with E-state index in [0.29, 0.717) is 12.3 Å². The van der Waals surface area contributed by atoms with Crippen LogP contribution in [0.1, 0.15) is 5.56 Å². The van der Waals surface area contributed by atoms with E-state index in [1.807, 2.05) is 18.2 Å². The van der Waals surface area contributed by atoms with Gasteiger partial charge in [-0.3, -0.25) is 0 Å². The molecule has 0 fully saturated rings. The van der Waals surface area contributed by atoms with Gasteiger partial charge in [-0.25, -0.2) is 0 Å². The molecule has 0 amide bonds. The zero-order chi connectivity index (χ0) is 9.68. The maximum atomic E-state index is 8.70. The average Bonchev–Trinajstić information content (AvgIpc) is 2.15. The van der Waals surface area contributed by atoms with Gasteiger partial charge in [0.05, 0.1) is 6.61 Å². The van der Waals surface area contributed by atoms with Gasteiger partial charge in [0.15, 0.2) is 0 Å². The maximum Gasteiger partial charge on any atom is 0.0525 e. The van der Waals surface area contributed by atoms with Gasteiger partial charge in [0.2, 0.25) is 0 Å². The van der Waals surface area contributed by atoms with E-state index < -0.39 is 0 Å². The van der Waals surface area contributed by atoms with Crippen molar-refractivity contribution in [1.29, 1.82) is 0 Å². The summed E-state index contributed by atoms with van der Waals surface area (Å²) < 4.78 is 1.05. The fourth-order valence-electron chi connectivity index (χ4n) is 0.987. The number of hydrogen-bond donors (Lipinski definition) is 2. The molecule has 0 saturated heterocycles. The third kappa shape index (κ3) is 3.31. The fourth-order valence-corrected chi connectivity index (χ4v) is 2.36. The first kappa shape index (κ1) is 11.0. The highest BCUT2D eigenvalue weighted by atomic mass is 79.9. The fraction of sp³-hybridized carbons (Fsp3) is 0.333. The minimum atomic E-state index is 0.196. The number of hydrogen-bond acceptors (Lipinski definition) is 3. The van der Waals surface area contributed by atoms with Crippen LogP contribution in [0.4, 0.5) is 0 Å². The SMILES string of the molecule is NCc1ccc(Br)cc1SCCO. The van der Waals surface area contributed by atoms with Gasteiger partial charge in [0.25, 0.3) is 0 Å². The predicted molar refractivity (Wildman–Crippen MR) is 59.8 cm³/mol. The van der Waals surface area contributed by atoms with Crippen LogP contribution in [0, 0.1) is 0 Å². The number of benzene rings is 1. The molecule has 0 aliphatic rings. The largest absolute Gasteiger partial charge is 0.396 e. The van der Waals surface area contributed by atoms with Crippen molar-refractivity contribution in [2.45, 2.75) is 11.4 Å². The number of halogens is 1. The molecule has 0 aromatic heterocycles. The second-order valence-corrected chi connectivity index (χ2v) is 4.58. The van der Waals surface area contributed by atoms with Crippen LogP contribution in [-0.4, -0.2) is 17.5 Å². The van der Waals surface area contributed by atoms with Crippen molar-refractivity contribution < 1.29 is 5.11 Å². The van der Waals surface area contributed by atoms with Crippen molar-refractivity contribution in [1.82, 2.24) is 0 Å². The van der Waals surface area contributed by atoms with E-state index in [1.54, 1.807) is 11.8 Å². The highest BCUT2D eigenvalue weighted by Gasteiger charge is 2.01. The maximum absolute atomic E-state index is 8.70. The molecule has 1 rings (SSSR count). The summed E-state index contributed by atoms with van der Waals surface area (Å²) in [5.41, 5.74) is 6.71. The van der Waals surface area contributed by atoms with E-state index >= 15 is 0 Å². The Morgan fingerprint density at radius 3 is 2.85 bits per heavy atom. The number of aliphatic hydroxyl groups is 1. The Balaban J connectivity index is 2.81. The molecule has 13 heavy (non-hydrogen) atoms. The van der Waals surface area contributed by atoms with Crippen LogP contribution >= 0.6 is 27.7 Å². The Labute approximate surface area is 90.7 Å². The van der Waals surface area contributed by atoms with Gasteiger partial charge in [-0.15, -0.1) is 11.8 Å². The van der Waals surface area contributed by atoms with E-state index in [4.69, 9.17) is 10.8 Å². The lowest BCUT2D eigenvalue weighted by Crippen LogP contribution is -1.99. The molecule has 0 radical (unpaired) electrons. The first-order valence-electron chi connectivity index (χ1n) is 4.00. The van der Waals surface area contributed by atoms with E-state index in [0.717, 1.165) is 14.9 Å². The Bertz CT molecular complexity index is 280. The molecule has 0 unspecified atom stereocenters. The Kier molecular flexibility index (Phi) is 4.80. The molecule has 72 valence electrons. The smallest absolute Gasteiger partial charge is 0.0525 e. The summed E-state index contributed by atoms with van der Waals surface area (Å²) in [4.78, 5) is 1.14. The normalized spacial score (nSPS) is 10.4. The molecular formula is C9H12BrNOS. The molecule has 0 spiro atoms. The summed E-state index contributed by atoms with van der Waals surface area (Å²) in [5, 5.41) is 8.70. The first-order valence-corrected chi connectivity index (χ1v) is 5.78. The van der Waals surface area contributed by atoms with Gasteiger partial charge in [0, 0.05) is 21.7 Å². The van der Waals surface area contributed by atoms with Crippen molar-refractivity contribution in [2.24, 2.45) is 5.73 Å². The van der Waals surface area contributed by atoms with Gasteiger partial charge in [-0.05, 0) is 17.7 Å². The van der Waals surface area contributed by atoms with Crippen LogP contribution in [0.3, 0.4) is 0 Å². The molecule has 0 aliphatic heterocycles. The quantitative estimate of drug-likeness (QED) is 0.816. The number of thioether (sulfide) groups is 1. The molecule has 1 aromatic rings. The van der Waals surface area contributed by atoms with Crippen LogP contribution in [0.25, 0.3) is 0 Å². The van der Waals surface area contributed by atoms with Gasteiger partial charge in [-0.1, -0.05) is 22.0 Å². The molecule has 0 bridgehead atoms. The number of aliphatic hydroxyl groups excluding tert-OH is 1. The molecule has 0 saturated carbocycles.